The summed E-state index contributed by atoms with van der Waals surface area (Å²) in [6.45, 7) is -2.02. The SMILES string of the molecule is O=C(C1CCCN1C(=O)c1ccccc1OC(F)F)N1CCC(Oc2ccc(F)cc2F)CC1. The molecule has 2 aromatic rings. The molecule has 34 heavy (non-hydrogen) atoms. The second-order valence-corrected chi connectivity index (χ2v) is 8.25. The van der Waals surface area contributed by atoms with Gasteiger partial charge in [0.15, 0.2) is 11.6 Å². The smallest absolute Gasteiger partial charge is 0.387 e. The number of ether oxygens (including phenoxy) is 2. The highest BCUT2D eigenvalue weighted by Gasteiger charge is 2.39. The molecular formula is C24H24F4N2O4. The molecule has 2 saturated heterocycles. The summed E-state index contributed by atoms with van der Waals surface area (Å²) in [5, 5.41) is 0. The Labute approximate surface area is 194 Å². The van der Waals surface area contributed by atoms with E-state index in [9.17, 15) is 27.2 Å². The summed E-state index contributed by atoms with van der Waals surface area (Å²) in [5.74, 6) is -2.49. The Morgan fingerprint density at radius 3 is 2.38 bits per heavy atom. The lowest BCUT2D eigenvalue weighted by Gasteiger charge is -2.35. The number of hydrogen-bond donors (Lipinski definition) is 0. The zero-order chi connectivity index (χ0) is 24.2. The molecule has 0 aliphatic carbocycles. The van der Waals surface area contributed by atoms with E-state index in [1.54, 1.807) is 11.0 Å². The highest BCUT2D eigenvalue weighted by molar-refractivity contribution is 6.00. The van der Waals surface area contributed by atoms with Crippen molar-refractivity contribution >= 4 is 11.8 Å². The monoisotopic (exact) mass is 480 g/mol. The van der Waals surface area contributed by atoms with Gasteiger partial charge in [0.1, 0.15) is 23.7 Å². The lowest BCUT2D eigenvalue weighted by molar-refractivity contribution is -0.137. The van der Waals surface area contributed by atoms with Gasteiger partial charge in [0.25, 0.3) is 5.91 Å². The predicted octanol–water partition coefficient (Wildman–Crippen LogP) is 4.24. The topological polar surface area (TPSA) is 59.1 Å². The van der Waals surface area contributed by atoms with Crippen LogP contribution in [0.2, 0.25) is 0 Å². The van der Waals surface area contributed by atoms with Gasteiger partial charge in [0, 0.05) is 38.5 Å². The number of hydrogen-bond acceptors (Lipinski definition) is 4. The van der Waals surface area contributed by atoms with Gasteiger partial charge in [-0.05, 0) is 37.1 Å². The Bertz CT molecular complexity index is 1040. The maximum absolute atomic E-state index is 13.9. The molecule has 1 atom stereocenters. The first-order valence-corrected chi connectivity index (χ1v) is 11.1. The van der Waals surface area contributed by atoms with E-state index in [0.29, 0.717) is 45.3 Å². The van der Waals surface area contributed by atoms with Crippen LogP contribution < -0.4 is 9.47 Å². The number of alkyl halides is 2. The van der Waals surface area contributed by atoms with Crippen molar-refractivity contribution in [1.82, 2.24) is 9.80 Å². The first-order chi connectivity index (χ1) is 16.3. The molecule has 2 aromatic carbocycles. The van der Waals surface area contributed by atoms with Crippen LogP contribution in [0.5, 0.6) is 11.5 Å². The third-order valence-electron chi connectivity index (χ3n) is 6.07. The molecule has 2 aliphatic rings. The summed E-state index contributed by atoms with van der Waals surface area (Å²) in [6.07, 6.45) is 1.66. The molecule has 2 fully saturated rings. The van der Waals surface area contributed by atoms with Gasteiger partial charge in [-0.25, -0.2) is 8.78 Å². The van der Waals surface area contributed by atoms with Crippen LogP contribution in [0.15, 0.2) is 42.5 Å². The normalized spacial score (nSPS) is 18.9. The van der Waals surface area contributed by atoms with E-state index in [-0.39, 0.29) is 29.1 Å². The number of benzene rings is 2. The van der Waals surface area contributed by atoms with Crippen LogP contribution in [-0.4, -0.2) is 60.0 Å². The van der Waals surface area contributed by atoms with Crippen LogP contribution in [0.3, 0.4) is 0 Å². The third-order valence-corrected chi connectivity index (χ3v) is 6.07. The molecule has 2 amide bonds. The van der Waals surface area contributed by atoms with E-state index in [1.807, 2.05) is 0 Å². The van der Waals surface area contributed by atoms with Crippen molar-refractivity contribution < 1.29 is 36.6 Å². The van der Waals surface area contributed by atoms with Crippen molar-refractivity contribution in [2.75, 3.05) is 19.6 Å². The number of carbonyl (C=O) groups excluding carboxylic acids is 2. The minimum atomic E-state index is -3.07. The van der Waals surface area contributed by atoms with Crippen molar-refractivity contribution in [2.45, 2.75) is 44.4 Å². The maximum atomic E-state index is 13.9. The number of likely N-dealkylation sites (tertiary alicyclic amines) is 2. The summed E-state index contributed by atoms with van der Waals surface area (Å²) in [7, 11) is 0. The maximum Gasteiger partial charge on any atom is 0.387 e. The van der Waals surface area contributed by atoms with Crippen molar-refractivity contribution in [3.63, 3.8) is 0 Å². The van der Waals surface area contributed by atoms with Crippen LogP contribution in [0, 0.1) is 11.6 Å². The summed E-state index contributed by atoms with van der Waals surface area (Å²) in [5.41, 5.74) is -0.0177. The van der Waals surface area contributed by atoms with E-state index in [4.69, 9.17) is 4.74 Å². The molecule has 6 nitrogen and oxygen atoms in total. The van der Waals surface area contributed by atoms with Gasteiger partial charge in [0.2, 0.25) is 5.91 Å². The summed E-state index contributed by atoms with van der Waals surface area (Å²) >= 11 is 0. The molecule has 1 unspecified atom stereocenters. The zero-order valence-electron chi connectivity index (χ0n) is 18.3. The molecule has 2 aliphatic heterocycles. The van der Waals surface area contributed by atoms with Crippen LogP contribution >= 0.6 is 0 Å². The average molecular weight is 480 g/mol. The largest absolute Gasteiger partial charge is 0.487 e. The highest BCUT2D eigenvalue weighted by atomic mass is 19.3. The van der Waals surface area contributed by atoms with E-state index in [0.717, 1.165) is 12.1 Å². The van der Waals surface area contributed by atoms with Gasteiger partial charge in [-0.2, -0.15) is 8.78 Å². The fourth-order valence-corrected chi connectivity index (χ4v) is 4.42. The molecule has 10 heteroatoms. The van der Waals surface area contributed by atoms with E-state index in [1.165, 1.54) is 29.2 Å². The van der Waals surface area contributed by atoms with Gasteiger partial charge in [-0.1, -0.05) is 12.1 Å². The minimum Gasteiger partial charge on any atom is -0.487 e. The first-order valence-electron chi connectivity index (χ1n) is 11.1. The van der Waals surface area contributed by atoms with Crippen molar-refractivity contribution in [2.24, 2.45) is 0 Å². The van der Waals surface area contributed by atoms with E-state index >= 15 is 0 Å². The second-order valence-electron chi connectivity index (χ2n) is 8.25. The van der Waals surface area contributed by atoms with Crippen LogP contribution in [0.25, 0.3) is 0 Å². The van der Waals surface area contributed by atoms with Crippen molar-refractivity contribution in [3.05, 3.63) is 59.7 Å². The van der Waals surface area contributed by atoms with Crippen molar-refractivity contribution in [3.8, 4) is 11.5 Å². The van der Waals surface area contributed by atoms with Crippen LogP contribution in [0.4, 0.5) is 17.6 Å². The van der Waals surface area contributed by atoms with Crippen LogP contribution in [0.1, 0.15) is 36.0 Å². The molecule has 0 aromatic heterocycles. The van der Waals surface area contributed by atoms with Gasteiger partial charge in [0.05, 0.1) is 5.56 Å². The van der Waals surface area contributed by atoms with E-state index < -0.39 is 30.2 Å². The fraction of sp³-hybridized carbons (Fsp3) is 0.417. The van der Waals surface area contributed by atoms with Crippen LogP contribution in [-0.2, 0) is 4.79 Å². The summed E-state index contributed by atoms with van der Waals surface area (Å²) in [4.78, 5) is 29.4. The van der Waals surface area contributed by atoms with Gasteiger partial charge < -0.3 is 19.3 Å². The summed E-state index contributed by atoms with van der Waals surface area (Å²) in [6, 6.07) is 8.15. The second kappa shape index (κ2) is 10.3. The minimum absolute atomic E-state index is 0.0177. The van der Waals surface area contributed by atoms with Gasteiger partial charge >= 0.3 is 6.61 Å². The number of rotatable bonds is 6. The van der Waals surface area contributed by atoms with Gasteiger partial charge in [-0.3, -0.25) is 9.59 Å². The molecular weight excluding hydrogens is 456 g/mol. The summed E-state index contributed by atoms with van der Waals surface area (Å²) < 4.78 is 62.5. The standard InChI is InChI=1S/C24H24F4N2O4/c25-15-7-8-21(18(26)14-15)33-16-9-12-29(13-10-16)23(32)19-5-3-11-30(19)22(31)17-4-1-2-6-20(17)34-24(27)28/h1-2,4,6-8,14,16,19,24H,3,5,9-13H2. The number of carbonyl (C=O) groups is 2. The molecule has 2 heterocycles. The predicted molar refractivity (Wildman–Crippen MR) is 114 cm³/mol. The zero-order valence-corrected chi connectivity index (χ0v) is 18.3. The Balaban J connectivity index is 1.38. The first kappa shape index (κ1) is 23.8. The Morgan fingerprint density at radius 2 is 1.68 bits per heavy atom. The molecule has 4 rings (SSSR count). The van der Waals surface area contributed by atoms with E-state index in [2.05, 4.69) is 4.74 Å². The Hall–Kier alpha value is -3.30. The number of piperidine rings is 1. The lowest BCUT2D eigenvalue weighted by atomic mass is 10.1. The quantitative estimate of drug-likeness (QED) is 0.581. The highest BCUT2D eigenvalue weighted by Crippen LogP contribution is 2.29. The molecule has 0 radical (unpaired) electrons. The van der Waals surface area contributed by atoms with Gasteiger partial charge in [-0.15, -0.1) is 0 Å². The Kier molecular flexibility index (Phi) is 7.23. The van der Waals surface area contributed by atoms with Crippen molar-refractivity contribution in [1.29, 1.82) is 0 Å². The molecule has 0 N–H and O–H groups in total. The Morgan fingerprint density at radius 1 is 0.941 bits per heavy atom. The number of amides is 2. The lowest BCUT2D eigenvalue weighted by Crippen LogP contribution is -2.51. The third kappa shape index (κ3) is 5.26. The molecule has 0 spiro atoms. The number of nitrogens with zero attached hydrogens (tertiary/aromatic N) is 2. The number of halogens is 4. The average Bonchev–Trinajstić information content (AvgIpc) is 3.30. The fourth-order valence-electron chi connectivity index (χ4n) is 4.42. The molecule has 182 valence electrons. The molecule has 0 bridgehead atoms. The molecule has 0 saturated carbocycles. The number of para-hydroxylation sites is 1.